The van der Waals surface area contributed by atoms with Crippen molar-refractivity contribution in [2.75, 3.05) is 27.3 Å². The number of aromatic nitrogens is 4. The number of hydrogen-bond donors (Lipinski definition) is 5. The Balaban J connectivity index is 0.971. The number of carbonyl (C=O) groups excluding carboxylic acids is 3. The van der Waals surface area contributed by atoms with Crippen molar-refractivity contribution in [2.45, 2.75) is 128 Å². The average molecular weight is 935 g/mol. The summed E-state index contributed by atoms with van der Waals surface area (Å²) in [4.78, 5) is 59.5. The molecule has 3 fully saturated rings. The number of carbonyl (C=O) groups is 3. The number of aliphatic hydroxyl groups excluding tert-OH is 1. The third-order valence-electron chi connectivity index (χ3n) is 15.9. The molecule has 4 aromatic carbocycles. The maximum atomic E-state index is 13.9. The predicted molar refractivity (Wildman–Crippen MR) is 267 cm³/mol. The number of likely N-dealkylation sites (tertiary alicyclic amines) is 2. The highest BCUT2D eigenvalue weighted by atomic mass is 16.5. The fourth-order valence-electron chi connectivity index (χ4n) is 12.4. The summed E-state index contributed by atoms with van der Waals surface area (Å²) in [5.74, 6) is 1.32. The Hall–Kier alpha value is -6.25. The molecule has 4 heterocycles. The van der Waals surface area contributed by atoms with E-state index in [9.17, 15) is 19.5 Å². The summed E-state index contributed by atoms with van der Waals surface area (Å²) in [5, 5.41) is 19.6. The number of aromatic amines is 2. The van der Waals surface area contributed by atoms with Crippen LogP contribution < -0.4 is 10.6 Å². The van der Waals surface area contributed by atoms with E-state index in [1.807, 2.05) is 38.8 Å². The van der Waals surface area contributed by atoms with Gasteiger partial charge in [-0.1, -0.05) is 95.1 Å². The number of nitrogens with one attached hydrogen (secondary N) is 4. The van der Waals surface area contributed by atoms with E-state index >= 15 is 0 Å². The van der Waals surface area contributed by atoms with Crippen LogP contribution in [0.2, 0.25) is 0 Å². The molecule has 5 N–H and O–H groups in total. The zero-order chi connectivity index (χ0) is 48.1. The van der Waals surface area contributed by atoms with Crippen LogP contribution in [-0.2, 0) is 26.1 Å². The average Bonchev–Trinajstić information content (AvgIpc) is 4.23. The van der Waals surface area contributed by atoms with Crippen molar-refractivity contribution in [2.24, 2.45) is 11.8 Å². The van der Waals surface area contributed by atoms with E-state index in [0.29, 0.717) is 13.1 Å². The van der Waals surface area contributed by atoms with E-state index in [4.69, 9.17) is 19.4 Å². The van der Waals surface area contributed by atoms with Gasteiger partial charge in [0.15, 0.2) is 0 Å². The Kier molecular flexibility index (Phi) is 12.7. The van der Waals surface area contributed by atoms with Gasteiger partial charge in [0.1, 0.15) is 23.9 Å². The molecule has 3 amide bonds. The van der Waals surface area contributed by atoms with Crippen LogP contribution >= 0.6 is 0 Å². The Morgan fingerprint density at radius 1 is 0.754 bits per heavy atom. The summed E-state index contributed by atoms with van der Waals surface area (Å²) in [6.07, 6.45) is 10.3. The van der Waals surface area contributed by atoms with Crippen LogP contribution in [0.5, 0.6) is 0 Å². The lowest BCUT2D eigenvalue weighted by Crippen LogP contribution is -2.54. The van der Waals surface area contributed by atoms with Crippen molar-refractivity contribution in [3.63, 3.8) is 0 Å². The van der Waals surface area contributed by atoms with E-state index in [2.05, 4.69) is 92.2 Å². The number of amides is 3. The smallest absolute Gasteiger partial charge is 0.407 e. The molecule has 2 saturated heterocycles. The molecule has 2 aliphatic carbocycles. The first-order valence-electron chi connectivity index (χ1n) is 25.1. The van der Waals surface area contributed by atoms with Gasteiger partial charge in [-0.2, -0.15) is 0 Å². The van der Waals surface area contributed by atoms with Crippen LogP contribution in [0, 0.1) is 11.8 Å². The van der Waals surface area contributed by atoms with Crippen LogP contribution in [0.25, 0.3) is 55.3 Å². The number of hydrogen-bond acceptors (Lipinski definition) is 9. The van der Waals surface area contributed by atoms with Crippen molar-refractivity contribution in [1.29, 1.82) is 0 Å². The molecule has 2 aromatic heterocycles. The molecule has 14 heteroatoms. The summed E-state index contributed by atoms with van der Waals surface area (Å²) in [6.45, 7) is 9.12. The second kappa shape index (κ2) is 18.9. The van der Waals surface area contributed by atoms with Crippen LogP contribution in [0.3, 0.4) is 0 Å². The minimum atomic E-state index is -0.898. The normalized spacial score (nSPS) is 20.3. The molecule has 14 nitrogen and oxygen atoms in total. The van der Waals surface area contributed by atoms with Crippen molar-refractivity contribution >= 4 is 39.9 Å². The number of benzene rings is 4. The molecule has 5 unspecified atom stereocenters. The monoisotopic (exact) mass is 935 g/mol. The summed E-state index contributed by atoms with van der Waals surface area (Å²) in [6, 6.07) is 22.9. The first-order valence-corrected chi connectivity index (χ1v) is 25.1. The van der Waals surface area contributed by atoms with Crippen molar-refractivity contribution in [3.05, 3.63) is 95.7 Å². The maximum Gasteiger partial charge on any atom is 0.407 e. The fraction of sp³-hybridized carbons (Fsp3) is 0.473. The molecule has 5 atom stereocenters. The van der Waals surface area contributed by atoms with E-state index in [1.165, 1.54) is 78.7 Å². The zero-order valence-electron chi connectivity index (χ0n) is 40.7. The van der Waals surface area contributed by atoms with Crippen LogP contribution in [0.4, 0.5) is 9.59 Å². The standard InChI is InChI=1S/C55H66N8O6/c1-31(2)47(60-53(66)68-5)51(64)62-27-11-15-44(62)49-56-30-43(59-49)39-21-20-37(35-13-7-8-14-36(35)39)38-19-18-34(46-40(38)23-26-55(46)24-9-10-25-55)33-17-22-41-42(29-33)58-50(57-41)45-16-12-28-63(45)52(65)48(32(3)4)61-54(67)69-6/h7-8,13-14,17-22,29-32,44-45,47-48,52,65H,9-12,15-16,23-28H2,1-6H3,(H,56,59)(H,57,58)(H,60,66)(H,61,67). The lowest BCUT2D eigenvalue weighted by molar-refractivity contribution is -0.135. The number of methoxy groups -OCH3 is 2. The quantitative estimate of drug-likeness (QED) is 0.0799. The van der Waals surface area contributed by atoms with Gasteiger partial charge in [0, 0.05) is 18.7 Å². The van der Waals surface area contributed by atoms with Gasteiger partial charge in [-0.3, -0.25) is 9.69 Å². The van der Waals surface area contributed by atoms with Gasteiger partial charge < -0.3 is 40.1 Å². The number of alkyl carbamates (subject to hydrolysis) is 2. The van der Waals surface area contributed by atoms with E-state index in [1.54, 1.807) is 0 Å². The highest BCUT2D eigenvalue weighted by Crippen LogP contribution is 2.56. The van der Waals surface area contributed by atoms with Gasteiger partial charge in [-0.05, 0) is 125 Å². The van der Waals surface area contributed by atoms with Gasteiger partial charge in [0.05, 0.1) is 55.3 Å². The molecule has 6 aromatic rings. The predicted octanol–water partition coefficient (Wildman–Crippen LogP) is 10.1. The van der Waals surface area contributed by atoms with E-state index in [-0.39, 0.29) is 35.2 Å². The zero-order valence-corrected chi connectivity index (χ0v) is 40.7. The first-order chi connectivity index (χ1) is 33.4. The molecule has 1 saturated carbocycles. The molecular formula is C55H66N8O6. The summed E-state index contributed by atoms with van der Waals surface area (Å²) in [5.41, 5.74) is 11.9. The number of nitrogens with zero attached hydrogens (tertiary/aromatic N) is 4. The van der Waals surface area contributed by atoms with Crippen LogP contribution in [-0.4, -0.2) is 98.6 Å². The number of aliphatic hydroxyl groups is 1. The molecule has 1 spiro atoms. The summed E-state index contributed by atoms with van der Waals surface area (Å²) >= 11 is 0. The Morgan fingerprint density at radius 2 is 1.43 bits per heavy atom. The van der Waals surface area contributed by atoms with E-state index < -0.39 is 30.5 Å². The van der Waals surface area contributed by atoms with Crippen LogP contribution in [0.1, 0.15) is 120 Å². The number of rotatable bonds is 12. The molecular weight excluding hydrogens is 869 g/mol. The molecule has 362 valence electrons. The minimum Gasteiger partial charge on any atom is -0.453 e. The SMILES string of the molecule is COC(=O)NC(C(=O)N1CCCC1c1ncc(-c2ccc(-c3ccc(-c4ccc5nc(C6CCCN6C(O)C(NC(=O)OC)C(C)C)[nH]c5c4)c4c3CCC43CCCC3)c3ccccc23)[nH]1)C(C)C. The molecule has 0 bridgehead atoms. The van der Waals surface area contributed by atoms with Gasteiger partial charge in [-0.15, -0.1) is 0 Å². The van der Waals surface area contributed by atoms with Crippen molar-refractivity contribution in [1.82, 2.24) is 40.4 Å². The lowest BCUT2D eigenvalue weighted by atomic mass is 9.76. The number of fused-ring (bicyclic) bond motifs is 4. The first kappa shape index (κ1) is 46.5. The number of H-pyrrole nitrogens is 2. The third-order valence-corrected chi connectivity index (χ3v) is 15.9. The van der Waals surface area contributed by atoms with Gasteiger partial charge >= 0.3 is 12.2 Å². The third kappa shape index (κ3) is 8.43. The summed E-state index contributed by atoms with van der Waals surface area (Å²) in [7, 11) is 2.65. The van der Waals surface area contributed by atoms with E-state index in [0.717, 1.165) is 77.9 Å². The second-order valence-electron chi connectivity index (χ2n) is 20.5. The molecule has 10 rings (SSSR count). The van der Waals surface area contributed by atoms with Gasteiger partial charge in [0.25, 0.3) is 0 Å². The summed E-state index contributed by atoms with van der Waals surface area (Å²) < 4.78 is 9.73. The highest BCUT2D eigenvalue weighted by molar-refractivity contribution is 6.05. The molecule has 4 aliphatic rings. The number of imidazole rings is 2. The minimum absolute atomic E-state index is 0.0120. The van der Waals surface area contributed by atoms with Crippen LogP contribution in [0.15, 0.2) is 72.9 Å². The van der Waals surface area contributed by atoms with Crippen molar-refractivity contribution in [3.8, 4) is 33.5 Å². The maximum absolute atomic E-state index is 13.9. The second-order valence-corrected chi connectivity index (χ2v) is 20.5. The lowest BCUT2D eigenvalue weighted by Gasteiger charge is -2.35. The Labute approximate surface area is 404 Å². The largest absolute Gasteiger partial charge is 0.453 e. The highest BCUT2D eigenvalue weighted by Gasteiger charge is 2.44. The Bertz CT molecular complexity index is 2900. The number of ether oxygens (including phenoxy) is 2. The van der Waals surface area contributed by atoms with Crippen molar-refractivity contribution < 1.29 is 29.0 Å². The topological polar surface area (TPSA) is 178 Å². The van der Waals surface area contributed by atoms with Gasteiger partial charge in [0.2, 0.25) is 5.91 Å². The fourth-order valence-corrected chi connectivity index (χ4v) is 12.4. The Morgan fingerprint density at radius 3 is 2.17 bits per heavy atom. The molecule has 69 heavy (non-hydrogen) atoms. The molecule has 2 aliphatic heterocycles. The molecule has 0 radical (unpaired) electrons. The van der Waals surface area contributed by atoms with Gasteiger partial charge in [-0.25, -0.2) is 19.6 Å².